The zero-order valence-electron chi connectivity index (χ0n) is 11.1. The molecule has 2 heterocycles. The second-order valence-electron chi connectivity index (χ2n) is 4.80. The normalized spacial score (nSPS) is 17.9. The van der Waals surface area contributed by atoms with E-state index in [4.69, 9.17) is 5.11 Å². The monoisotopic (exact) mass is 287 g/mol. The molecule has 3 rings (SSSR count). The summed E-state index contributed by atoms with van der Waals surface area (Å²) < 4.78 is 1.44. The third kappa shape index (κ3) is 2.47. The van der Waals surface area contributed by atoms with Crippen LogP contribution in [0.3, 0.4) is 0 Å². The first-order valence-electron chi connectivity index (χ1n) is 6.54. The van der Waals surface area contributed by atoms with Gasteiger partial charge in [0.1, 0.15) is 12.4 Å². The fourth-order valence-corrected chi connectivity index (χ4v) is 2.49. The van der Waals surface area contributed by atoms with Crippen LogP contribution < -0.4 is 0 Å². The zero-order valence-corrected chi connectivity index (χ0v) is 11.1. The molecule has 1 atom stereocenters. The molecule has 108 valence electrons. The summed E-state index contributed by atoms with van der Waals surface area (Å²) in [6.45, 7) is 0.463. The van der Waals surface area contributed by atoms with Crippen molar-refractivity contribution < 1.29 is 14.7 Å². The van der Waals surface area contributed by atoms with Crippen molar-refractivity contribution >= 4 is 11.9 Å². The number of tetrazole rings is 1. The van der Waals surface area contributed by atoms with Crippen molar-refractivity contribution in [2.45, 2.75) is 18.9 Å². The maximum Gasteiger partial charge on any atom is 0.326 e. The van der Waals surface area contributed by atoms with Gasteiger partial charge in [-0.3, -0.25) is 4.79 Å². The zero-order chi connectivity index (χ0) is 14.8. The Morgan fingerprint density at radius 1 is 1.33 bits per heavy atom. The Bertz CT molecular complexity index is 670. The van der Waals surface area contributed by atoms with E-state index in [-0.39, 0.29) is 5.91 Å². The van der Waals surface area contributed by atoms with Crippen LogP contribution in [0.4, 0.5) is 0 Å². The fourth-order valence-electron chi connectivity index (χ4n) is 2.49. The number of aromatic nitrogens is 4. The van der Waals surface area contributed by atoms with E-state index in [0.29, 0.717) is 30.6 Å². The molecule has 1 amide bonds. The summed E-state index contributed by atoms with van der Waals surface area (Å²) in [5, 5.41) is 20.0. The van der Waals surface area contributed by atoms with E-state index < -0.39 is 12.0 Å². The molecule has 1 aliphatic heterocycles. The average Bonchev–Trinajstić information content (AvgIpc) is 3.17. The summed E-state index contributed by atoms with van der Waals surface area (Å²) in [4.78, 5) is 25.1. The van der Waals surface area contributed by atoms with Crippen LogP contribution in [0.25, 0.3) is 5.69 Å². The van der Waals surface area contributed by atoms with Crippen molar-refractivity contribution in [3.8, 4) is 5.69 Å². The maximum atomic E-state index is 12.5. The van der Waals surface area contributed by atoms with Gasteiger partial charge in [-0.1, -0.05) is 6.07 Å². The molecule has 1 aromatic carbocycles. The lowest BCUT2D eigenvalue weighted by Crippen LogP contribution is -2.40. The third-order valence-electron chi connectivity index (χ3n) is 3.51. The van der Waals surface area contributed by atoms with Crippen LogP contribution in [0.15, 0.2) is 30.6 Å². The molecule has 8 nitrogen and oxygen atoms in total. The molecular formula is C13H13N5O3. The standard InChI is InChI=1S/C13H13N5O3/c19-12(17-6-2-5-11(17)13(20)21)9-3-1-4-10(7-9)18-8-14-15-16-18/h1,3-4,7-8,11H,2,5-6H2,(H,20,21)/t11-/m1/s1. The first-order valence-corrected chi connectivity index (χ1v) is 6.54. The van der Waals surface area contributed by atoms with Gasteiger partial charge < -0.3 is 10.0 Å². The van der Waals surface area contributed by atoms with Crippen molar-refractivity contribution in [2.75, 3.05) is 6.54 Å². The maximum absolute atomic E-state index is 12.5. The van der Waals surface area contributed by atoms with Gasteiger partial charge in [0.05, 0.1) is 5.69 Å². The lowest BCUT2D eigenvalue weighted by Gasteiger charge is -2.21. The third-order valence-corrected chi connectivity index (χ3v) is 3.51. The van der Waals surface area contributed by atoms with E-state index in [1.165, 1.54) is 15.9 Å². The highest BCUT2D eigenvalue weighted by Crippen LogP contribution is 2.21. The van der Waals surface area contributed by atoms with Gasteiger partial charge in [-0.25, -0.2) is 9.48 Å². The van der Waals surface area contributed by atoms with E-state index >= 15 is 0 Å². The van der Waals surface area contributed by atoms with Crippen LogP contribution >= 0.6 is 0 Å². The molecule has 1 fully saturated rings. The summed E-state index contributed by atoms with van der Waals surface area (Å²) >= 11 is 0. The Balaban J connectivity index is 1.88. The number of hydrogen-bond donors (Lipinski definition) is 1. The SMILES string of the molecule is O=C(O)[C@H]1CCCN1C(=O)c1cccc(-n2cnnn2)c1. The van der Waals surface area contributed by atoms with Gasteiger partial charge in [0.25, 0.3) is 5.91 Å². The van der Waals surface area contributed by atoms with Crippen molar-refractivity contribution in [2.24, 2.45) is 0 Å². The van der Waals surface area contributed by atoms with E-state index in [1.807, 2.05) is 0 Å². The van der Waals surface area contributed by atoms with Crippen LogP contribution in [-0.2, 0) is 4.79 Å². The number of benzene rings is 1. The molecule has 1 aromatic heterocycles. The summed E-state index contributed by atoms with van der Waals surface area (Å²) in [6, 6.07) is 6.06. The first-order chi connectivity index (χ1) is 10.2. The molecule has 0 saturated carbocycles. The van der Waals surface area contributed by atoms with Gasteiger partial charge in [-0.05, 0) is 41.5 Å². The highest BCUT2D eigenvalue weighted by Gasteiger charge is 2.34. The second kappa shape index (κ2) is 5.31. The van der Waals surface area contributed by atoms with E-state index in [1.54, 1.807) is 24.3 Å². The number of carboxylic acids is 1. The lowest BCUT2D eigenvalue weighted by molar-refractivity contribution is -0.141. The number of likely N-dealkylation sites (tertiary alicyclic amines) is 1. The Morgan fingerprint density at radius 3 is 2.90 bits per heavy atom. The molecule has 0 unspecified atom stereocenters. The van der Waals surface area contributed by atoms with Crippen LogP contribution in [0, 0.1) is 0 Å². The highest BCUT2D eigenvalue weighted by molar-refractivity contribution is 5.97. The quantitative estimate of drug-likeness (QED) is 0.874. The minimum absolute atomic E-state index is 0.283. The summed E-state index contributed by atoms with van der Waals surface area (Å²) in [5.74, 6) is -1.24. The van der Waals surface area contributed by atoms with Gasteiger partial charge in [-0.15, -0.1) is 5.10 Å². The average molecular weight is 287 g/mol. The summed E-state index contributed by atoms with van der Waals surface area (Å²) in [6.07, 6.45) is 2.63. The van der Waals surface area contributed by atoms with Crippen molar-refractivity contribution in [3.05, 3.63) is 36.2 Å². The summed E-state index contributed by atoms with van der Waals surface area (Å²) in [5.41, 5.74) is 1.08. The van der Waals surface area contributed by atoms with E-state index in [2.05, 4.69) is 15.5 Å². The van der Waals surface area contributed by atoms with Crippen molar-refractivity contribution in [1.29, 1.82) is 0 Å². The topological polar surface area (TPSA) is 101 Å². The molecule has 0 radical (unpaired) electrons. The van der Waals surface area contributed by atoms with Gasteiger partial charge in [0.15, 0.2) is 0 Å². The van der Waals surface area contributed by atoms with Crippen LogP contribution in [0.1, 0.15) is 23.2 Å². The number of rotatable bonds is 3. The lowest BCUT2D eigenvalue weighted by atomic mass is 10.1. The number of hydrogen-bond acceptors (Lipinski definition) is 5. The van der Waals surface area contributed by atoms with Gasteiger partial charge in [-0.2, -0.15) is 0 Å². The minimum atomic E-state index is -0.961. The van der Waals surface area contributed by atoms with Gasteiger partial charge in [0.2, 0.25) is 0 Å². The van der Waals surface area contributed by atoms with Crippen molar-refractivity contribution in [3.63, 3.8) is 0 Å². The van der Waals surface area contributed by atoms with E-state index in [9.17, 15) is 9.59 Å². The predicted molar refractivity (Wildman–Crippen MR) is 70.8 cm³/mol. The molecule has 8 heteroatoms. The molecule has 2 aromatic rings. The number of carboxylic acid groups (broad SMARTS) is 1. The Morgan fingerprint density at radius 2 is 2.19 bits per heavy atom. The highest BCUT2D eigenvalue weighted by atomic mass is 16.4. The number of nitrogens with zero attached hydrogens (tertiary/aromatic N) is 5. The van der Waals surface area contributed by atoms with Crippen molar-refractivity contribution in [1.82, 2.24) is 25.1 Å². The Hall–Kier alpha value is -2.77. The molecule has 1 aliphatic rings. The molecule has 21 heavy (non-hydrogen) atoms. The second-order valence-corrected chi connectivity index (χ2v) is 4.80. The molecule has 0 spiro atoms. The van der Waals surface area contributed by atoms with Crippen LogP contribution in [0.5, 0.6) is 0 Å². The van der Waals surface area contributed by atoms with Gasteiger partial charge >= 0.3 is 5.97 Å². The molecular weight excluding hydrogens is 274 g/mol. The van der Waals surface area contributed by atoms with E-state index in [0.717, 1.165) is 0 Å². The Labute approximate surface area is 120 Å². The number of amides is 1. The fraction of sp³-hybridized carbons (Fsp3) is 0.308. The number of aliphatic carboxylic acids is 1. The van der Waals surface area contributed by atoms with Gasteiger partial charge in [0, 0.05) is 12.1 Å². The number of carbonyl (C=O) groups excluding carboxylic acids is 1. The summed E-state index contributed by atoms with van der Waals surface area (Å²) in [7, 11) is 0. The predicted octanol–water partition coefficient (Wildman–Crippen LogP) is 0.351. The number of carbonyl (C=O) groups is 2. The molecule has 0 bridgehead atoms. The minimum Gasteiger partial charge on any atom is -0.480 e. The largest absolute Gasteiger partial charge is 0.480 e. The molecule has 1 saturated heterocycles. The molecule has 0 aliphatic carbocycles. The first kappa shape index (κ1) is 13.2. The van der Waals surface area contributed by atoms with Crippen LogP contribution in [-0.4, -0.2) is 54.7 Å². The smallest absolute Gasteiger partial charge is 0.326 e. The Kier molecular flexibility index (Phi) is 3.35. The van der Waals surface area contributed by atoms with Crippen LogP contribution in [0.2, 0.25) is 0 Å². The molecule has 1 N–H and O–H groups in total.